The van der Waals surface area contributed by atoms with Crippen LogP contribution in [0.5, 0.6) is 11.5 Å². The molecule has 0 aliphatic carbocycles. The molecule has 0 aliphatic rings. The van der Waals surface area contributed by atoms with Gasteiger partial charge in [0.25, 0.3) is 0 Å². The number of nitrogens with zero attached hydrogens (tertiary/aromatic N) is 2. The summed E-state index contributed by atoms with van der Waals surface area (Å²) in [6.07, 6.45) is 0. The van der Waals surface area contributed by atoms with Crippen molar-refractivity contribution in [2.75, 3.05) is 5.73 Å². The standard InChI is InChI=1S/C9H7N3O4/c10-8-7(9(15)16)11-3-1-5(13)6(14)2-4(3)12-8/h1-2,13-14H,(H2,10,12)(H,15,16). The van der Waals surface area contributed by atoms with Crippen LogP contribution in [0.25, 0.3) is 11.0 Å². The van der Waals surface area contributed by atoms with E-state index >= 15 is 0 Å². The number of hydrogen-bond donors (Lipinski definition) is 4. The Morgan fingerprint density at radius 2 is 1.62 bits per heavy atom. The number of aromatic nitrogens is 2. The smallest absolute Gasteiger partial charge is 0.358 e. The zero-order valence-electron chi connectivity index (χ0n) is 7.88. The van der Waals surface area contributed by atoms with Crippen molar-refractivity contribution in [1.29, 1.82) is 0 Å². The van der Waals surface area contributed by atoms with Gasteiger partial charge in [0.2, 0.25) is 0 Å². The Morgan fingerprint density at radius 1 is 1.12 bits per heavy atom. The molecule has 1 heterocycles. The van der Waals surface area contributed by atoms with Gasteiger partial charge in [0.15, 0.2) is 23.0 Å². The van der Waals surface area contributed by atoms with E-state index in [0.717, 1.165) is 12.1 Å². The van der Waals surface area contributed by atoms with Gasteiger partial charge < -0.3 is 21.1 Å². The average Bonchev–Trinajstić information content (AvgIpc) is 2.19. The summed E-state index contributed by atoms with van der Waals surface area (Å²) < 4.78 is 0. The Hall–Kier alpha value is -2.57. The van der Waals surface area contributed by atoms with E-state index in [1.165, 1.54) is 0 Å². The number of phenols is 2. The van der Waals surface area contributed by atoms with Gasteiger partial charge in [-0.05, 0) is 0 Å². The van der Waals surface area contributed by atoms with Gasteiger partial charge in [0.1, 0.15) is 0 Å². The molecular weight excluding hydrogens is 214 g/mol. The average molecular weight is 221 g/mol. The normalized spacial score (nSPS) is 10.5. The molecule has 16 heavy (non-hydrogen) atoms. The highest BCUT2D eigenvalue weighted by Gasteiger charge is 2.14. The third-order valence-corrected chi connectivity index (χ3v) is 1.99. The Morgan fingerprint density at radius 3 is 2.12 bits per heavy atom. The van der Waals surface area contributed by atoms with Crippen molar-refractivity contribution in [1.82, 2.24) is 9.97 Å². The minimum atomic E-state index is -1.31. The Kier molecular flexibility index (Phi) is 2.01. The topological polar surface area (TPSA) is 130 Å². The lowest BCUT2D eigenvalue weighted by molar-refractivity contribution is 0.0692. The second-order valence-corrected chi connectivity index (χ2v) is 3.09. The number of aromatic carboxylic acids is 1. The first-order valence-electron chi connectivity index (χ1n) is 4.21. The summed E-state index contributed by atoms with van der Waals surface area (Å²) in [4.78, 5) is 18.2. The van der Waals surface area contributed by atoms with Crippen LogP contribution in [-0.4, -0.2) is 31.3 Å². The van der Waals surface area contributed by atoms with Gasteiger partial charge >= 0.3 is 5.97 Å². The number of nitrogen functional groups attached to an aromatic ring is 1. The van der Waals surface area contributed by atoms with Crippen molar-refractivity contribution in [3.63, 3.8) is 0 Å². The summed E-state index contributed by atoms with van der Waals surface area (Å²) >= 11 is 0. The van der Waals surface area contributed by atoms with E-state index in [4.69, 9.17) is 10.8 Å². The number of rotatable bonds is 1. The molecule has 0 spiro atoms. The maximum Gasteiger partial charge on any atom is 0.358 e. The lowest BCUT2D eigenvalue weighted by Gasteiger charge is -2.04. The lowest BCUT2D eigenvalue weighted by Crippen LogP contribution is -2.07. The molecule has 0 aliphatic heterocycles. The fourth-order valence-electron chi connectivity index (χ4n) is 1.25. The molecule has 0 atom stereocenters. The largest absolute Gasteiger partial charge is 0.504 e. The van der Waals surface area contributed by atoms with Crippen LogP contribution in [0, 0.1) is 0 Å². The predicted molar refractivity (Wildman–Crippen MR) is 54.2 cm³/mol. The summed E-state index contributed by atoms with van der Waals surface area (Å²) in [5, 5.41) is 27.2. The maximum absolute atomic E-state index is 10.7. The third kappa shape index (κ3) is 1.44. The molecule has 1 aromatic carbocycles. The number of hydrogen-bond acceptors (Lipinski definition) is 6. The first-order valence-corrected chi connectivity index (χ1v) is 4.21. The molecule has 0 bridgehead atoms. The summed E-state index contributed by atoms with van der Waals surface area (Å²) in [7, 11) is 0. The Balaban J connectivity index is 2.79. The molecule has 2 rings (SSSR count). The van der Waals surface area contributed by atoms with Gasteiger partial charge in [0.05, 0.1) is 11.0 Å². The van der Waals surface area contributed by atoms with Gasteiger partial charge in [0, 0.05) is 12.1 Å². The zero-order chi connectivity index (χ0) is 11.9. The molecule has 0 saturated carbocycles. The molecule has 82 valence electrons. The first kappa shape index (κ1) is 9.97. The predicted octanol–water partition coefficient (Wildman–Crippen LogP) is 0.321. The van der Waals surface area contributed by atoms with Crippen LogP contribution in [0.2, 0.25) is 0 Å². The van der Waals surface area contributed by atoms with Crippen molar-refractivity contribution >= 4 is 22.8 Å². The van der Waals surface area contributed by atoms with Crippen molar-refractivity contribution in [2.45, 2.75) is 0 Å². The van der Waals surface area contributed by atoms with Gasteiger partial charge in [-0.15, -0.1) is 0 Å². The van der Waals surface area contributed by atoms with Crippen molar-refractivity contribution in [2.24, 2.45) is 0 Å². The van der Waals surface area contributed by atoms with Crippen LogP contribution >= 0.6 is 0 Å². The summed E-state index contributed by atoms with van der Waals surface area (Å²) in [5.41, 5.74) is 5.33. The molecule has 7 nitrogen and oxygen atoms in total. The lowest BCUT2D eigenvalue weighted by atomic mass is 10.2. The molecular formula is C9H7N3O4. The van der Waals surface area contributed by atoms with Crippen molar-refractivity contribution in [3.05, 3.63) is 17.8 Å². The number of phenolic OH excluding ortho intramolecular Hbond substituents is 2. The summed E-state index contributed by atoms with van der Waals surface area (Å²) in [6, 6.07) is 2.27. The fraction of sp³-hybridized carbons (Fsp3) is 0. The van der Waals surface area contributed by atoms with Gasteiger partial charge in [-0.25, -0.2) is 14.8 Å². The van der Waals surface area contributed by atoms with Gasteiger partial charge in [-0.3, -0.25) is 0 Å². The van der Waals surface area contributed by atoms with Gasteiger partial charge in [-0.1, -0.05) is 0 Å². The number of benzene rings is 1. The minimum absolute atomic E-state index is 0.141. The number of carbonyl (C=O) groups is 1. The van der Waals surface area contributed by atoms with E-state index in [2.05, 4.69) is 9.97 Å². The number of carboxylic acids is 1. The molecule has 0 amide bonds. The molecule has 0 saturated heterocycles. The molecule has 0 fully saturated rings. The first-order chi connectivity index (χ1) is 7.49. The second kappa shape index (κ2) is 3.23. The number of fused-ring (bicyclic) bond motifs is 1. The Bertz CT molecular complexity index is 597. The van der Waals surface area contributed by atoms with E-state index < -0.39 is 17.4 Å². The van der Waals surface area contributed by atoms with E-state index in [0.29, 0.717) is 0 Å². The SMILES string of the molecule is Nc1nc2cc(O)c(O)cc2nc1C(=O)O. The van der Waals surface area contributed by atoms with Crippen LogP contribution < -0.4 is 5.73 Å². The molecule has 5 N–H and O–H groups in total. The number of carboxylic acid groups (broad SMARTS) is 1. The van der Waals surface area contributed by atoms with Crippen LogP contribution in [0.4, 0.5) is 5.82 Å². The molecule has 0 unspecified atom stereocenters. The highest BCUT2D eigenvalue weighted by molar-refractivity contribution is 5.93. The molecule has 1 aromatic heterocycles. The number of anilines is 1. The van der Waals surface area contributed by atoms with Gasteiger partial charge in [-0.2, -0.15) is 0 Å². The van der Waals surface area contributed by atoms with E-state index in [-0.39, 0.29) is 22.6 Å². The fourth-order valence-corrected chi connectivity index (χ4v) is 1.25. The monoisotopic (exact) mass is 221 g/mol. The van der Waals surface area contributed by atoms with Crippen molar-refractivity contribution < 1.29 is 20.1 Å². The van der Waals surface area contributed by atoms with Crippen LogP contribution in [0.15, 0.2) is 12.1 Å². The van der Waals surface area contributed by atoms with E-state index in [1.54, 1.807) is 0 Å². The molecule has 0 radical (unpaired) electrons. The maximum atomic E-state index is 10.7. The second-order valence-electron chi connectivity index (χ2n) is 3.09. The zero-order valence-corrected chi connectivity index (χ0v) is 7.88. The summed E-state index contributed by atoms with van der Waals surface area (Å²) in [5.74, 6) is -2.32. The highest BCUT2D eigenvalue weighted by Crippen LogP contribution is 2.29. The van der Waals surface area contributed by atoms with Crippen LogP contribution in [-0.2, 0) is 0 Å². The molecule has 2 aromatic rings. The quantitative estimate of drug-likeness (QED) is 0.510. The van der Waals surface area contributed by atoms with E-state index in [9.17, 15) is 15.0 Å². The molecule has 7 heteroatoms. The highest BCUT2D eigenvalue weighted by atomic mass is 16.4. The number of nitrogens with two attached hydrogens (primary N) is 1. The number of aromatic hydroxyl groups is 2. The summed E-state index contributed by atoms with van der Waals surface area (Å²) in [6.45, 7) is 0. The minimum Gasteiger partial charge on any atom is -0.504 e. The van der Waals surface area contributed by atoms with Crippen LogP contribution in [0.3, 0.4) is 0 Å². The third-order valence-electron chi connectivity index (χ3n) is 1.99. The van der Waals surface area contributed by atoms with Crippen molar-refractivity contribution in [3.8, 4) is 11.5 Å². The van der Waals surface area contributed by atoms with Crippen LogP contribution in [0.1, 0.15) is 10.5 Å². The van der Waals surface area contributed by atoms with E-state index in [1.807, 2.05) is 0 Å². The Labute approximate surface area is 88.8 Å².